The van der Waals surface area contributed by atoms with E-state index in [2.05, 4.69) is 5.32 Å². The van der Waals surface area contributed by atoms with Crippen molar-refractivity contribution in [3.05, 3.63) is 59.8 Å². The van der Waals surface area contributed by atoms with Gasteiger partial charge in [0, 0.05) is 12.6 Å². The van der Waals surface area contributed by atoms with Crippen molar-refractivity contribution in [2.24, 2.45) is 0 Å². The highest BCUT2D eigenvalue weighted by atomic mass is 19.1. The van der Waals surface area contributed by atoms with Crippen molar-refractivity contribution in [1.29, 1.82) is 0 Å². The molecule has 0 radical (unpaired) electrons. The van der Waals surface area contributed by atoms with Crippen LogP contribution in [-0.2, 0) is 11.3 Å². The van der Waals surface area contributed by atoms with Gasteiger partial charge in [0.25, 0.3) is 0 Å². The van der Waals surface area contributed by atoms with Crippen LogP contribution >= 0.6 is 0 Å². The molecule has 3 nitrogen and oxygen atoms in total. The molecule has 0 aliphatic rings. The molecule has 1 unspecified atom stereocenters. The zero-order valence-corrected chi connectivity index (χ0v) is 11.6. The molecule has 0 spiro atoms. The molecule has 1 aromatic heterocycles. The third-order valence-electron chi connectivity index (χ3n) is 3.09. The topological polar surface area (TPSA) is 34.4 Å². The molecule has 1 aromatic carbocycles. The van der Waals surface area contributed by atoms with Crippen LogP contribution in [0.1, 0.15) is 30.7 Å². The van der Waals surface area contributed by atoms with Gasteiger partial charge in [0.15, 0.2) is 0 Å². The van der Waals surface area contributed by atoms with Gasteiger partial charge < -0.3 is 14.5 Å². The van der Waals surface area contributed by atoms with E-state index in [0.29, 0.717) is 13.2 Å². The summed E-state index contributed by atoms with van der Waals surface area (Å²) < 4.78 is 23.8. The minimum atomic E-state index is -0.196. The van der Waals surface area contributed by atoms with Crippen LogP contribution in [0.2, 0.25) is 0 Å². The lowest BCUT2D eigenvalue weighted by Gasteiger charge is -2.14. The summed E-state index contributed by atoms with van der Waals surface area (Å²) in [5.74, 6) is 0.643. The van der Waals surface area contributed by atoms with E-state index < -0.39 is 0 Å². The maximum Gasteiger partial charge on any atom is 0.129 e. The van der Waals surface area contributed by atoms with Crippen LogP contribution in [0.3, 0.4) is 0 Å². The standard InChI is InChI=1S/C16H20FNO2/c1-13(14-5-2-6-15(17)11-14)18-8-4-9-19-12-16-7-3-10-20-16/h2-3,5-7,10-11,13,18H,4,8-9,12H2,1H3. The summed E-state index contributed by atoms with van der Waals surface area (Å²) in [6.07, 6.45) is 2.54. The van der Waals surface area contributed by atoms with Crippen LogP contribution < -0.4 is 5.32 Å². The van der Waals surface area contributed by atoms with Crippen molar-refractivity contribution in [3.63, 3.8) is 0 Å². The minimum absolute atomic E-state index is 0.135. The van der Waals surface area contributed by atoms with Crippen LogP contribution in [0, 0.1) is 5.82 Å². The predicted octanol–water partition coefficient (Wildman–Crippen LogP) is 3.68. The van der Waals surface area contributed by atoms with Gasteiger partial charge in [-0.1, -0.05) is 12.1 Å². The third kappa shape index (κ3) is 4.79. The average molecular weight is 277 g/mol. The van der Waals surface area contributed by atoms with Gasteiger partial charge in [-0.3, -0.25) is 0 Å². The fourth-order valence-electron chi connectivity index (χ4n) is 1.95. The maximum atomic E-state index is 13.1. The van der Waals surface area contributed by atoms with Crippen LogP contribution in [0.15, 0.2) is 47.1 Å². The Morgan fingerprint density at radius 2 is 2.20 bits per heavy atom. The van der Waals surface area contributed by atoms with Gasteiger partial charge in [0.2, 0.25) is 0 Å². The average Bonchev–Trinajstić information content (AvgIpc) is 2.95. The van der Waals surface area contributed by atoms with Gasteiger partial charge >= 0.3 is 0 Å². The van der Waals surface area contributed by atoms with Gasteiger partial charge in [-0.05, 0) is 49.7 Å². The lowest BCUT2D eigenvalue weighted by atomic mass is 10.1. The number of benzene rings is 1. The number of rotatable bonds is 8. The van der Waals surface area contributed by atoms with Crippen molar-refractivity contribution >= 4 is 0 Å². The first-order valence-corrected chi connectivity index (χ1v) is 6.84. The van der Waals surface area contributed by atoms with Crippen LogP contribution in [-0.4, -0.2) is 13.2 Å². The Morgan fingerprint density at radius 3 is 2.95 bits per heavy atom. The van der Waals surface area contributed by atoms with E-state index in [1.807, 2.05) is 25.1 Å². The Balaban J connectivity index is 1.58. The van der Waals surface area contributed by atoms with E-state index >= 15 is 0 Å². The Morgan fingerprint density at radius 1 is 1.30 bits per heavy atom. The molecule has 1 heterocycles. The van der Waals surface area contributed by atoms with E-state index in [-0.39, 0.29) is 11.9 Å². The van der Waals surface area contributed by atoms with Gasteiger partial charge in [-0.25, -0.2) is 4.39 Å². The lowest BCUT2D eigenvalue weighted by Crippen LogP contribution is -2.21. The molecule has 0 saturated heterocycles. The van der Waals surface area contributed by atoms with E-state index in [1.165, 1.54) is 6.07 Å². The normalized spacial score (nSPS) is 12.5. The number of furan rings is 1. The summed E-state index contributed by atoms with van der Waals surface area (Å²) in [7, 11) is 0. The predicted molar refractivity (Wildman–Crippen MR) is 75.8 cm³/mol. The molecule has 20 heavy (non-hydrogen) atoms. The molecule has 4 heteroatoms. The number of hydrogen-bond acceptors (Lipinski definition) is 3. The molecule has 2 rings (SSSR count). The van der Waals surface area contributed by atoms with E-state index in [0.717, 1.165) is 24.3 Å². The maximum absolute atomic E-state index is 13.1. The van der Waals surface area contributed by atoms with E-state index in [4.69, 9.17) is 9.15 Å². The lowest BCUT2D eigenvalue weighted by molar-refractivity contribution is 0.104. The summed E-state index contributed by atoms with van der Waals surface area (Å²) in [4.78, 5) is 0. The zero-order valence-electron chi connectivity index (χ0n) is 11.6. The van der Waals surface area contributed by atoms with Gasteiger partial charge in [-0.2, -0.15) is 0 Å². The second kappa shape index (κ2) is 7.82. The summed E-state index contributed by atoms with van der Waals surface area (Å²) >= 11 is 0. The summed E-state index contributed by atoms with van der Waals surface area (Å²) in [6.45, 7) is 4.03. The fraction of sp³-hybridized carbons (Fsp3) is 0.375. The van der Waals surface area contributed by atoms with Crippen molar-refractivity contribution in [2.75, 3.05) is 13.2 Å². The molecule has 0 fully saturated rings. The Hall–Kier alpha value is -1.65. The van der Waals surface area contributed by atoms with Crippen LogP contribution in [0.25, 0.3) is 0 Å². The van der Waals surface area contributed by atoms with Crippen molar-refractivity contribution < 1.29 is 13.5 Å². The quantitative estimate of drug-likeness (QED) is 0.747. The molecule has 0 aliphatic heterocycles. The number of hydrogen-bond donors (Lipinski definition) is 1. The van der Waals surface area contributed by atoms with Crippen molar-refractivity contribution in [1.82, 2.24) is 5.32 Å². The van der Waals surface area contributed by atoms with E-state index in [1.54, 1.807) is 18.4 Å². The first-order chi connectivity index (χ1) is 9.75. The first kappa shape index (κ1) is 14.8. The zero-order chi connectivity index (χ0) is 14.2. The fourth-order valence-corrected chi connectivity index (χ4v) is 1.95. The molecular weight excluding hydrogens is 257 g/mol. The first-order valence-electron chi connectivity index (χ1n) is 6.84. The Bertz CT molecular complexity index is 499. The minimum Gasteiger partial charge on any atom is -0.467 e. The van der Waals surface area contributed by atoms with Crippen LogP contribution in [0.5, 0.6) is 0 Å². The molecule has 1 atom stereocenters. The van der Waals surface area contributed by atoms with Crippen molar-refractivity contribution in [2.45, 2.75) is 26.0 Å². The smallest absolute Gasteiger partial charge is 0.129 e. The summed E-state index contributed by atoms with van der Waals surface area (Å²) in [5.41, 5.74) is 0.960. The highest BCUT2D eigenvalue weighted by Gasteiger charge is 2.05. The molecule has 108 valence electrons. The monoisotopic (exact) mass is 277 g/mol. The summed E-state index contributed by atoms with van der Waals surface area (Å²) in [5, 5.41) is 3.35. The largest absolute Gasteiger partial charge is 0.467 e. The molecule has 0 saturated carbocycles. The number of halogens is 1. The third-order valence-corrected chi connectivity index (χ3v) is 3.09. The molecule has 0 aliphatic carbocycles. The molecule has 2 aromatic rings. The molecule has 1 N–H and O–H groups in total. The van der Waals surface area contributed by atoms with Crippen molar-refractivity contribution in [3.8, 4) is 0 Å². The highest BCUT2D eigenvalue weighted by molar-refractivity contribution is 5.19. The second-order valence-corrected chi connectivity index (χ2v) is 4.72. The van der Waals surface area contributed by atoms with E-state index in [9.17, 15) is 4.39 Å². The Labute approximate surface area is 118 Å². The molecule has 0 amide bonds. The number of ether oxygens (including phenoxy) is 1. The van der Waals surface area contributed by atoms with Gasteiger partial charge in [-0.15, -0.1) is 0 Å². The van der Waals surface area contributed by atoms with Gasteiger partial charge in [0.1, 0.15) is 18.2 Å². The molecule has 0 bridgehead atoms. The van der Waals surface area contributed by atoms with Crippen LogP contribution in [0.4, 0.5) is 4.39 Å². The molecular formula is C16H20FNO2. The highest BCUT2D eigenvalue weighted by Crippen LogP contribution is 2.13. The second-order valence-electron chi connectivity index (χ2n) is 4.72. The summed E-state index contributed by atoms with van der Waals surface area (Å²) in [6, 6.07) is 10.6. The SMILES string of the molecule is CC(NCCCOCc1ccco1)c1cccc(F)c1. The van der Waals surface area contributed by atoms with Gasteiger partial charge in [0.05, 0.1) is 6.26 Å². The number of nitrogens with one attached hydrogen (secondary N) is 1. The Kier molecular flexibility index (Phi) is 5.77.